The highest BCUT2D eigenvalue weighted by molar-refractivity contribution is 6.54. The normalized spacial score (nSPS) is 12.4. The van der Waals surface area contributed by atoms with Crippen LogP contribution in [-0.2, 0) is 0 Å². The molecule has 1 atom stereocenters. The van der Waals surface area contributed by atoms with Gasteiger partial charge in [-0.05, 0) is 18.0 Å². The molecule has 0 saturated heterocycles. The summed E-state index contributed by atoms with van der Waals surface area (Å²) in [6, 6.07) is 19.6. The largest absolute Gasteiger partial charge is 0.0887 e. The molecule has 0 N–H and O–H groups in total. The quantitative estimate of drug-likeness (QED) is 0.703. The molecular weight excluding hydrogens is 208 g/mol. The van der Waals surface area contributed by atoms with Crippen LogP contribution in [0.5, 0.6) is 0 Å². The van der Waals surface area contributed by atoms with Gasteiger partial charge < -0.3 is 0 Å². The summed E-state index contributed by atoms with van der Waals surface area (Å²) >= 11 is 0. The maximum Gasteiger partial charge on any atom is 0.0887 e. The Bertz CT molecular complexity index is 431. The van der Waals surface area contributed by atoms with Gasteiger partial charge in [-0.1, -0.05) is 72.3 Å². The van der Waals surface area contributed by atoms with Crippen molar-refractivity contribution in [1.29, 1.82) is 0 Å². The fraction of sp³-hybridized carbons (Fsp3) is 0.200. The van der Waals surface area contributed by atoms with Crippen molar-refractivity contribution in [3.63, 3.8) is 0 Å². The molecule has 2 aromatic carbocycles. The third-order valence-corrected chi connectivity index (χ3v) is 4.17. The molecule has 0 fully saturated rings. The minimum Gasteiger partial charge on any atom is -0.0636 e. The van der Waals surface area contributed by atoms with Crippen molar-refractivity contribution in [3.05, 3.63) is 65.7 Å². The van der Waals surface area contributed by atoms with E-state index in [1.165, 1.54) is 16.3 Å². The van der Waals surface area contributed by atoms with Gasteiger partial charge >= 0.3 is 0 Å². The molecule has 1 heteroatoms. The molecule has 0 saturated carbocycles. The van der Waals surface area contributed by atoms with Gasteiger partial charge in [0.2, 0.25) is 0 Å². The molecule has 2 radical (unpaired) electrons. The Balaban J connectivity index is 2.09. The third kappa shape index (κ3) is 2.83. The van der Waals surface area contributed by atoms with Crippen LogP contribution in [0.1, 0.15) is 23.6 Å². The molecule has 2 aromatic rings. The molecule has 0 aromatic heterocycles. The van der Waals surface area contributed by atoms with Gasteiger partial charge in [0.15, 0.2) is 0 Å². The fourth-order valence-electron chi connectivity index (χ4n) is 1.72. The van der Waals surface area contributed by atoms with Gasteiger partial charge in [-0.3, -0.25) is 0 Å². The van der Waals surface area contributed by atoms with Crippen molar-refractivity contribution in [3.8, 4) is 0 Å². The minimum absolute atomic E-state index is 0.614. The van der Waals surface area contributed by atoms with E-state index in [1.54, 1.807) is 0 Å². The van der Waals surface area contributed by atoms with Crippen molar-refractivity contribution < 1.29 is 0 Å². The van der Waals surface area contributed by atoms with Gasteiger partial charge in [0.05, 0.1) is 9.52 Å². The van der Waals surface area contributed by atoms with Gasteiger partial charge in [-0.2, -0.15) is 0 Å². The van der Waals surface area contributed by atoms with E-state index in [-0.39, 0.29) is 0 Å². The van der Waals surface area contributed by atoms with Crippen LogP contribution in [0, 0.1) is 6.92 Å². The first kappa shape index (κ1) is 11.2. The van der Waals surface area contributed by atoms with E-state index in [9.17, 15) is 0 Å². The van der Waals surface area contributed by atoms with E-state index < -0.39 is 0 Å². The minimum atomic E-state index is 0.614. The van der Waals surface area contributed by atoms with E-state index in [4.69, 9.17) is 0 Å². The first-order valence-electron chi connectivity index (χ1n) is 5.64. The van der Waals surface area contributed by atoms with E-state index in [2.05, 4.69) is 68.4 Å². The summed E-state index contributed by atoms with van der Waals surface area (Å²) in [4.78, 5) is 0. The highest BCUT2D eigenvalue weighted by Crippen LogP contribution is 2.14. The van der Waals surface area contributed by atoms with Crippen LogP contribution in [0.4, 0.5) is 0 Å². The summed E-state index contributed by atoms with van der Waals surface area (Å²) in [5.41, 5.74) is 3.38. The maximum absolute atomic E-state index is 2.30. The first-order chi connectivity index (χ1) is 7.75. The summed E-state index contributed by atoms with van der Waals surface area (Å²) in [6.45, 7) is 4.43. The second-order valence-electron chi connectivity index (χ2n) is 4.14. The zero-order chi connectivity index (χ0) is 11.4. The summed E-state index contributed by atoms with van der Waals surface area (Å²) in [6.07, 6.45) is 0. The molecule has 0 heterocycles. The lowest BCUT2D eigenvalue weighted by Gasteiger charge is -2.11. The average molecular weight is 224 g/mol. The maximum atomic E-state index is 2.30. The lowest BCUT2D eigenvalue weighted by molar-refractivity contribution is 1.07. The molecule has 0 amide bonds. The summed E-state index contributed by atoms with van der Waals surface area (Å²) in [7, 11) is 0.852. The van der Waals surface area contributed by atoms with Crippen LogP contribution in [0.25, 0.3) is 0 Å². The van der Waals surface area contributed by atoms with Crippen molar-refractivity contribution in [2.45, 2.75) is 19.4 Å². The lowest BCUT2D eigenvalue weighted by atomic mass is 10.1. The topological polar surface area (TPSA) is 0 Å². The van der Waals surface area contributed by atoms with Gasteiger partial charge in [0.1, 0.15) is 0 Å². The molecule has 0 aliphatic carbocycles. The van der Waals surface area contributed by atoms with Gasteiger partial charge in [0, 0.05) is 0 Å². The summed E-state index contributed by atoms with van der Waals surface area (Å²) < 4.78 is 0. The smallest absolute Gasteiger partial charge is 0.0636 e. The van der Waals surface area contributed by atoms with E-state index >= 15 is 0 Å². The van der Waals surface area contributed by atoms with Crippen molar-refractivity contribution in [1.82, 2.24) is 0 Å². The van der Waals surface area contributed by atoms with Crippen LogP contribution in [0.2, 0.25) is 0 Å². The number of rotatable bonds is 3. The first-order valence-corrected chi connectivity index (χ1v) is 6.71. The van der Waals surface area contributed by atoms with Crippen LogP contribution < -0.4 is 5.19 Å². The Morgan fingerprint density at radius 2 is 1.50 bits per heavy atom. The molecular formula is C15H16Si. The number of benzene rings is 2. The Morgan fingerprint density at radius 1 is 0.875 bits per heavy atom. The molecule has 0 aliphatic heterocycles. The number of aryl methyl sites for hydroxylation is 1. The van der Waals surface area contributed by atoms with Crippen molar-refractivity contribution >= 4 is 14.7 Å². The standard InChI is InChI=1S/C15H16Si/c1-12-8-10-14(11-9-12)13(2)16-15-6-4-3-5-7-15/h3-11,13H,1-2H3/t13-/m0/s1. The second-order valence-corrected chi connectivity index (χ2v) is 5.87. The SMILES string of the molecule is Cc1ccc([C@H](C)[Si]c2ccccc2)cc1. The highest BCUT2D eigenvalue weighted by Gasteiger charge is 2.07. The van der Waals surface area contributed by atoms with E-state index in [0.29, 0.717) is 5.54 Å². The number of hydrogen-bond donors (Lipinski definition) is 0. The molecule has 0 nitrogen and oxygen atoms in total. The lowest BCUT2D eigenvalue weighted by Crippen LogP contribution is -2.19. The van der Waals surface area contributed by atoms with Crippen LogP contribution in [0.15, 0.2) is 54.6 Å². The Morgan fingerprint density at radius 3 is 2.12 bits per heavy atom. The molecule has 80 valence electrons. The predicted octanol–water partition coefficient (Wildman–Crippen LogP) is 3.09. The van der Waals surface area contributed by atoms with Crippen LogP contribution in [-0.4, -0.2) is 9.52 Å². The molecule has 0 aliphatic rings. The fourth-order valence-corrected chi connectivity index (χ4v) is 2.97. The van der Waals surface area contributed by atoms with Crippen molar-refractivity contribution in [2.75, 3.05) is 0 Å². The summed E-state index contributed by atoms with van der Waals surface area (Å²) in [5.74, 6) is 0. The Hall–Kier alpha value is -1.34. The molecule has 0 bridgehead atoms. The van der Waals surface area contributed by atoms with Crippen LogP contribution in [0.3, 0.4) is 0 Å². The van der Waals surface area contributed by atoms with Gasteiger partial charge in [0.25, 0.3) is 0 Å². The second kappa shape index (κ2) is 5.13. The van der Waals surface area contributed by atoms with E-state index in [1.807, 2.05) is 0 Å². The third-order valence-electron chi connectivity index (χ3n) is 2.73. The molecule has 16 heavy (non-hydrogen) atoms. The molecule has 0 spiro atoms. The van der Waals surface area contributed by atoms with Crippen molar-refractivity contribution in [2.24, 2.45) is 0 Å². The number of hydrogen-bond acceptors (Lipinski definition) is 0. The van der Waals surface area contributed by atoms with Crippen LogP contribution >= 0.6 is 0 Å². The zero-order valence-corrected chi connectivity index (χ0v) is 10.8. The monoisotopic (exact) mass is 224 g/mol. The predicted molar refractivity (Wildman–Crippen MR) is 71.4 cm³/mol. The molecule has 2 rings (SSSR count). The van der Waals surface area contributed by atoms with Gasteiger partial charge in [-0.25, -0.2) is 0 Å². The van der Waals surface area contributed by atoms with Gasteiger partial charge in [-0.15, -0.1) is 0 Å². The Labute approximate surface area is 100 Å². The highest BCUT2D eigenvalue weighted by atomic mass is 28.2. The summed E-state index contributed by atoms with van der Waals surface area (Å²) in [5, 5.41) is 1.44. The zero-order valence-electron chi connectivity index (χ0n) is 9.77. The van der Waals surface area contributed by atoms with E-state index in [0.717, 1.165) is 9.52 Å². The molecule has 0 unspecified atom stereocenters. The average Bonchev–Trinajstić information content (AvgIpc) is 2.31. The Kier molecular flexibility index (Phi) is 3.57.